The van der Waals surface area contributed by atoms with Gasteiger partial charge >= 0.3 is 6.09 Å². The molecule has 1 unspecified atom stereocenters. The van der Waals surface area contributed by atoms with Crippen LogP contribution in [0, 0.1) is 23.1 Å². The molecular weight excluding hydrogens is 395 g/mol. The maximum Gasteiger partial charge on any atom is 0.414 e. The highest BCUT2D eigenvalue weighted by atomic mass is 32.1. The first-order chi connectivity index (χ1) is 13.8. The molecule has 0 aromatic heterocycles. The third-order valence-electron chi connectivity index (χ3n) is 5.31. The molecule has 2 heterocycles. The van der Waals surface area contributed by atoms with Crippen LogP contribution in [0.2, 0.25) is 0 Å². The number of likely N-dealkylation sites (N-methyl/N-ethyl adjacent to an activating group) is 1. The van der Waals surface area contributed by atoms with Crippen LogP contribution in [0.3, 0.4) is 0 Å². The lowest BCUT2D eigenvalue weighted by Crippen LogP contribution is -2.36. The third-order valence-corrected chi connectivity index (χ3v) is 5.65. The van der Waals surface area contributed by atoms with Crippen molar-refractivity contribution in [2.24, 2.45) is 5.92 Å². The van der Waals surface area contributed by atoms with E-state index >= 15 is 0 Å². The summed E-state index contributed by atoms with van der Waals surface area (Å²) in [7, 11) is 1.57. The van der Waals surface area contributed by atoms with Crippen molar-refractivity contribution in [3.63, 3.8) is 0 Å². The molecule has 0 radical (unpaired) electrons. The standard InChI is InChI=1S/C20H23FN4O3S/c1-13-10-24(8-6-14(13)5-7-22)18-4-3-15(9-17(18)21)25-12-16(28-19(25)26)11-23(2)20(27)29/h3-5,9,13,16H,6,8,10-12H2,1-2H3,(H,27,29)/b14-5+/t13?,16-/m1/s1. The number of hydrogen-bond donors (Lipinski definition) is 1. The van der Waals surface area contributed by atoms with Gasteiger partial charge in [-0.05, 0) is 30.5 Å². The van der Waals surface area contributed by atoms with Gasteiger partial charge < -0.3 is 14.5 Å². The van der Waals surface area contributed by atoms with Gasteiger partial charge in [-0.15, -0.1) is 0 Å². The van der Waals surface area contributed by atoms with E-state index in [0.717, 1.165) is 5.57 Å². The lowest BCUT2D eigenvalue weighted by molar-refractivity contribution is 0.124. The van der Waals surface area contributed by atoms with E-state index < -0.39 is 23.3 Å². The number of nitriles is 1. The molecule has 7 nitrogen and oxygen atoms in total. The van der Waals surface area contributed by atoms with Crippen molar-refractivity contribution < 1.29 is 18.7 Å². The Morgan fingerprint density at radius 3 is 2.86 bits per heavy atom. The van der Waals surface area contributed by atoms with Gasteiger partial charge in [0.25, 0.3) is 5.24 Å². The van der Waals surface area contributed by atoms with Gasteiger partial charge in [-0.25, -0.2) is 9.18 Å². The first-order valence-electron chi connectivity index (χ1n) is 9.35. The first kappa shape index (κ1) is 21.0. The molecule has 2 saturated heterocycles. The third kappa shape index (κ3) is 4.65. The molecule has 0 N–H and O–H groups in total. The molecule has 9 heteroatoms. The summed E-state index contributed by atoms with van der Waals surface area (Å²) in [6, 6.07) is 6.76. The number of rotatable bonds is 4. The van der Waals surface area contributed by atoms with Crippen LogP contribution in [0.25, 0.3) is 0 Å². The average Bonchev–Trinajstić information content (AvgIpc) is 3.03. The molecule has 3 rings (SSSR count). The molecule has 2 atom stereocenters. The number of nitrogens with zero attached hydrogens (tertiary/aromatic N) is 4. The van der Waals surface area contributed by atoms with Crippen LogP contribution in [0.5, 0.6) is 0 Å². The van der Waals surface area contributed by atoms with Gasteiger partial charge in [-0.1, -0.05) is 25.1 Å². The van der Waals surface area contributed by atoms with E-state index in [1.54, 1.807) is 25.3 Å². The van der Waals surface area contributed by atoms with Crippen molar-refractivity contribution in [1.29, 1.82) is 5.26 Å². The quantitative estimate of drug-likeness (QED) is 0.599. The Balaban J connectivity index is 1.70. The largest absolute Gasteiger partial charge is 0.442 e. The van der Waals surface area contributed by atoms with Crippen molar-refractivity contribution in [3.05, 3.63) is 35.7 Å². The molecule has 154 valence electrons. The predicted molar refractivity (Wildman–Crippen MR) is 111 cm³/mol. The lowest BCUT2D eigenvalue weighted by atomic mass is 9.92. The number of halogens is 1. The Morgan fingerprint density at radius 2 is 2.24 bits per heavy atom. The minimum Gasteiger partial charge on any atom is -0.442 e. The Labute approximate surface area is 174 Å². The van der Waals surface area contributed by atoms with Crippen LogP contribution in [0.1, 0.15) is 13.3 Å². The molecule has 2 fully saturated rings. The fourth-order valence-electron chi connectivity index (χ4n) is 3.70. The van der Waals surface area contributed by atoms with Crippen molar-refractivity contribution in [3.8, 4) is 6.07 Å². The maximum absolute atomic E-state index is 14.9. The maximum atomic E-state index is 14.9. The number of allylic oxidation sites excluding steroid dienone is 1. The highest BCUT2D eigenvalue weighted by molar-refractivity contribution is 7.96. The Hall–Kier alpha value is -2.73. The smallest absolute Gasteiger partial charge is 0.414 e. The molecule has 2 aliphatic heterocycles. The van der Waals surface area contributed by atoms with Crippen molar-refractivity contribution in [2.45, 2.75) is 19.4 Å². The summed E-state index contributed by atoms with van der Waals surface area (Å²) >= 11 is 3.74. The number of carbonyl (C=O) groups excluding carboxylic acids is 2. The van der Waals surface area contributed by atoms with Gasteiger partial charge in [0.2, 0.25) is 0 Å². The van der Waals surface area contributed by atoms with Crippen molar-refractivity contribution >= 4 is 35.3 Å². The van der Waals surface area contributed by atoms with Gasteiger partial charge in [0, 0.05) is 26.2 Å². The van der Waals surface area contributed by atoms with Crippen LogP contribution in [0.15, 0.2) is 29.8 Å². The van der Waals surface area contributed by atoms with E-state index in [1.165, 1.54) is 15.9 Å². The van der Waals surface area contributed by atoms with Crippen LogP contribution >= 0.6 is 12.6 Å². The van der Waals surface area contributed by atoms with Crippen LogP contribution < -0.4 is 9.80 Å². The molecule has 0 saturated carbocycles. The van der Waals surface area contributed by atoms with E-state index in [-0.39, 0.29) is 19.0 Å². The minimum atomic E-state index is -0.569. The summed E-state index contributed by atoms with van der Waals surface area (Å²) < 4.78 is 20.1. The van der Waals surface area contributed by atoms with E-state index in [1.807, 2.05) is 11.8 Å². The summed E-state index contributed by atoms with van der Waals surface area (Å²) in [5.74, 6) is -0.246. The fraction of sp³-hybridized carbons (Fsp3) is 0.450. The zero-order chi connectivity index (χ0) is 21.1. The number of cyclic esters (lactones) is 1. The fourth-order valence-corrected chi connectivity index (χ4v) is 3.78. The van der Waals surface area contributed by atoms with E-state index in [4.69, 9.17) is 10.00 Å². The molecule has 0 aliphatic carbocycles. The monoisotopic (exact) mass is 418 g/mol. The molecule has 29 heavy (non-hydrogen) atoms. The van der Waals surface area contributed by atoms with E-state index in [9.17, 15) is 14.0 Å². The van der Waals surface area contributed by atoms with Crippen molar-refractivity contribution in [2.75, 3.05) is 43.0 Å². The Bertz CT molecular complexity index is 885. The number of piperidine rings is 1. The van der Waals surface area contributed by atoms with Gasteiger partial charge in [0.05, 0.1) is 30.5 Å². The Morgan fingerprint density at radius 1 is 1.48 bits per heavy atom. The number of benzene rings is 1. The molecule has 0 bridgehead atoms. The van der Waals surface area contributed by atoms with E-state index in [0.29, 0.717) is 30.9 Å². The van der Waals surface area contributed by atoms with Gasteiger partial charge in [0.15, 0.2) is 0 Å². The number of hydrogen-bond acceptors (Lipinski definition) is 5. The van der Waals surface area contributed by atoms with Crippen molar-refractivity contribution in [1.82, 2.24) is 4.90 Å². The predicted octanol–water partition coefficient (Wildman–Crippen LogP) is 3.43. The summed E-state index contributed by atoms with van der Waals surface area (Å²) in [6.07, 6.45) is 1.22. The number of carbonyl (C=O) groups is 2. The zero-order valence-corrected chi connectivity index (χ0v) is 17.2. The normalized spacial score (nSPS) is 23.1. The SMILES string of the molecule is CC1CN(c2ccc(N3C[C@@H](CN(C)C(=O)S)OC3=O)cc2F)CC/C1=C\C#N. The summed E-state index contributed by atoms with van der Waals surface area (Å²) in [6.45, 7) is 3.73. The first-order valence-corrected chi connectivity index (χ1v) is 9.80. The second kappa shape index (κ2) is 8.74. The molecule has 2 amide bonds. The number of ether oxygens (including phenoxy) is 1. The molecule has 1 aromatic carbocycles. The van der Waals surface area contributed by atoms with E-state index in [2.05, 4.69) is 18.7 Å². The van der Waals surface area contributed by atoms with Gasteiger partial charge in [-0.2, -0.15) is 5.26 Å². The number of thiol groups is 1. The van der Waals surface area contributed by atoms with Crippen LogP contribution in [0.4, 0.5) is 25.4 Å². The molecular formula is C20H23FN4O3S. The highest BCUT2D eigenvalue weighted by Crippen LogP contribution is 2.32. The molecule has 2 aliphatic rings. The van der Waals surface area contributed by atoms with Gasteiger partial charge in [-0.3, -0.25) is 9.69 Å². The number of amides is 2. The second-order valence-electron chi connectivity index (χ2n) is 7.36. The average molecular weight is 418 g/mol. The zero-order valence-electron chi connectivity index (χ0n) is 16.3. The summed E-state index contributed by atoms with van der Waals surface area (Å²) in [5, 5.41) is 8.43. The summed E-state index contributed by atoms with van der Waals surface area (Å²) in [5.41, 5.74) is 1.96. The number of anilines is 2. The second-order valence-corrected chi connectivity index (χ2v) is 7.74. The highest BCUT2D eigenvalue weighted by Gasteiger charge is 2.34. The van der Waals surface area contributed by atoms with Crippen LogP contribution in [-0.2, 0) is 4.74 Å². The molecule has 1 aromatic rings. The molecule has 0 spiro atoms. The summed E-state index contributed by atoms with van der Waals surface area (Å²) in [4.78, 5) is 28.1. The van der Waals surface area contributed by atoms with Gasteiger partial charge in [0.1, 0.15) is 11.9 Å². The topological polar surface area (TPSA) is 76.9 Å². The lowest BCUT2D eigenvalue weighted by Gasteiger charge is -2.34. The van der Waals surface area contributed by atoms with Crippen LogP contribution in [-0.4, -0.2) is 55.6 Å². The Kier molecular flexibility index (Phi) is 6.33. The minimum absolute atomic E-state index is 0.170.